The zero-order chi connectivity index (χ0) is 20.1. The Labute approximate surface area is 165 Å². The van der Waals surface area contributed by atoms with Gasteiger partial charge in [0.25, 0.3) is 0 Å². The molecule has 28 heavy (non-hydrogen) atoms. The van der Waals surface area contributed by atoms with Crippen molar-refractivity contribution in [3.63, 3.8) is 0 Å². The first-order valence-electron chi connectivity index (χ1n) is 9.25. The van der Waals surface area contributed by atoms with Crippen LogP contribution in [0.4, 0.5) is 0 Å². The molecule has 8 heteroatoms. The lowest BCUT2D eigenvalue weighted by Crippen LogP contribution is -2.42. The van der Waals surface area contributed by atoms with Crippen molar-refractivity contribution in [3.05, 3.63) is 58.8 Å². The second-order valence-corrected chi connectivity index (χ2v) is 8.87. The Bertz CT molecular complexity index is 929. The minimum atomic E-state index is -3.49. The van der Waals surface area contributed by atoms with Crippen LogP contribution in [0.15, 0.2) is 46.3 Å². The van der Waals surface area contributed by atoms with E-state index in [4.69, 9.17) is 4.52 Å². The second-order valence-electron chi connectivity index (χ2n) is 7.05. The quantitative estimate of drug-likeness (QED) is 0.740. The lowest BCUT2D eigenvalue weighted by Gasteiger charge is -2.31. The molecule has 1 amide bonds. The Kier molecular flexibility index (Phi) is 6.31. The van der Waals surface area contributed by atoms with Crippen molar-refractivity contribution in [2.24, 2.45) is 5.92 Å². The maximum absolute atomic E-state index is 12.7. The average Bonchev–Trinajstić information content (AvgIpc) is 3.11. The third-order valence-electron chi connectivity index (χ3n) is 4.85. The van der Waals surface area contributed by atoms with E-state index in [2.05, 4.69) is 5.16 Å². The summed E-state index contributed by atoms with van der Waals surface area (Å²) in [6, 6.07) is 11.1. The van der Waals surface area contributed by atoms with Crippen molar-refractivity contribution in [2.75, 3.05) is 20.1 Å². The third-order valence-corrected chi connectivity index (χ3v) is 6.41. The number of hydrogen-bond acceptors (Lipinski definition) is 5. The topological polar surface area (TPSA) is 83.7 Å². The molecule has 0 N–H and O–H groups in total. The maximum atomic E-state index is 12.7. The van der Waals surface area contributed by atoms with Crippen molar-refractivity contribution in [1.29, 1.82) is 0 Å². The van der Waals surface area contributed by atoms with Gasteiger partial charge in [0.2, 0.25) is 15.9 Å². The standard InChI is InChI=1S/C20H25N3O4S/c1-16-14-19(21-27-16)15-22(2)20(24)18-8-11-23(12-9-18)28(25,26)13-10-17-6-4-3-5-7-17/h3-7,10,13-14,18H,8-9,11-12,15H2,1-2H3/b13-10+. The molecule has 1 aromatic heterocycles. The number of rotatable bonds is 6. The minimum Gasteiger partial charge on any atom is -0.361 e. The molecule has 2 aromatic rings. The fraction of sp³-hybridized carbons (Fsp3) is 0.400. The van der Waals surface area contributed by atoms with Gasteiger partial charge in [0.15, 0.2) is 0 Å². The highest BCUT2D eigenvalue weighted by Crippen LogP contribution is 2.23. The SMILES string of the molecule is Cc1cc(CN(C)C(=O)C2CCN(S(=O)(=O)/C=C/c3ccccc3)CC2)no1. The highest BCUT2D eigenvalue weighted by Gasteiger charge is 2.31. The molecule has 7 nitrogen and oxygen atoms in total. The van der Waals surface area contributed by atoms with Gasteiger partial charge in [-0.3, -0.25) is 4.79 Å². The number of benzene rings is 1. The van der Waals surface area contributed by atoms with Crippen LogP contribution in [-0.2, 0) is 21.4 Å². The first kappa shape index (κ1) is 20.3. The molecule has 3 rings (SSSR count). The number of hydrogen-bond donors (Lipinski definition) is 0. The van der Waals surface area contributed by atoms with Gasteiger partial charge >= 0.3 is 0 Å². The summed E-state index contributed by atoms with van der Waals surface area (Å²) in [7, 11) is -1.76. The lowest BCUT2D eigenvalue weighted by molar-refractivity contribution is -0.136. The van der Waals surface area contributed by atoms with E-state index in [1.165, 1.54) is 9.71 Å². The van der Waals surface area contributed by atoms with Crippen molar-refractivity contribution >= 4 is 22.0 Å². The number of sulfonamides is 1. The van der Waals surface area contributed by atoms with Gasteiger partial charge in [0, 0.05) is 37.5 Å². The van der Waals surface area contributed by atoms with Crippen LogP contribution in [0.1, 0.15) is 29.9 Å². The van der Waals surface area contributed by atoms with Crippen molar-refractivity contribution < 1.29 is 17.7 Å². The van der Waals surface area contributed by atoms with E-state index in [-0.39, 0.29) is 11.8 Å². The van der Waals surface area contributed by atoms with Crippen LogP contribution in [0.2, 0.25) is 0 Å². The largest absolute Gasteiger partial charge is 0.361 e. The summed E-state index contributed by atoms with van der Waals surface area (Å²) in [6.45, 7) is 2.87. The van der Waals surface area contributed by atoms with Crippen LogP contribution in [0.3, 0.4) is 0 Å². The number of amides is 1. The van der Waals surface area contributed by atoms with Crippen LogP contribution in [-0.4, -0.2) is 48.8 Å². The smallest absolute Gasteiger partial charge is 0.236 e. The molecule has 2 heterocycles. The van der Waals surface area contributed by atoms with E-state index in [0.717, 1.165) is 5.56 Å². The highest BCUT2D eigenvalue weighted by atomic mass is 32.2. The number of piperidine rings is 1. The minimum absolute atomic E-state index is 0.0116. The van der Waals surface area contributed by atoms with Crippen molar-refractivity contribution in [2.45, 2.75) is 26.3 Å². The molecule has 1 aromatic carbocycles. The highest BCUT2D eigenvalue weighted by molar-refractivity contribution is 7.92. The molecule has 0 saturated carbocycles. The Morgan fingerprint density at radius 3 is 2.57 bits per heavy atom. The van der Waals surface area contributed by atoms with Gasteiger partial charge in [-0.25, -0.2) is 8.42 Å². The summed E-state index contributed by atoms with van der Waals surface area (Å²) >= 11 is 0. The van der Waals surface area contributed by atoms with Gasteiger partial charge in [0.05, 0.1) is 6.54 Å². The van der Waals surface area contributed by atoms with Gasteiger partial charge in [-0.1, -0.05) is 35.5 Å². The van der Waals surface area contributed by atoms with Crippen LogP contribution in [0.25, 0.3) is 6.08 Å². The van der Waals surface area contributed by atoms with E-state index < -0.39 is 10.0 Å². The van der Waals surface area contributed by atoms with Crippen LogP contribution in [0.5, 0.6) is 0 Å². The Morgan fingerprint density at radius 1 is 1.29 bits per heavy atom. The Hall–Kier alpha value is -2.45. The van der Waals surface area contributed by atoms with Gasteiger partial charge < -0.3 is 9.42 Å². The van der Waals surface area contributed by atoms with E-state index in [0.29, 0.717) is 43.9 Å². The Balaban J connectivity index is 1.54. The fourth-order valence-corrected chi connectivity index (χ4v) is 4.52. The summed E-state index contributed by atoms with van der Waals surface area (Å²) in [5.74, 6) is 0.540. The maximum Gasteiger partial charge on any atom is 0.236 e. The van der Waals surface area contributed by atoms with Gasteiger partial charge in [-0.05, 0) is 31.4 Å². The van der Waals surface area contributed by atoms with Crippen LogP contribution >= 0.6 is 0 Å². The molecule has 1 saturated heterocycles. The van der Waals surface area contributed by atoms with Gasteiger partial charge in [0.1, 0.15) is 11.5 Å². The molecule has 150 valence electrons. The van der Waals surface area contributed by atoms with E-state index in [1.54, 1.807) is 31.0 Å². The average molecular weight is 404 g/mol. The predicted octanol–water partition coefficient (Wildman–Crippen LogP) is 2.65. The monoisotopic (exact) mass is 403 g/mol. The van der Waals surface area contributed by atoms with Crippen LogP contribution in [0, 0.1) is 12.8 Å². The molecular weight excluding hydrogens is 378 g/mol. The molecule has 1 aliphatic heterocycles. The van der Waals surface area contributed by atoms with Gasteiger partial charge in [-0.2, -0.15) is 4.31 Å². The number of carbonyl (C=O) groups excluding carboxylic acids is 1. The number of aryl methyl sites for hydroxylation is 1. The molecule has 0 bridgehead atoms. The van der Waals surface area contributed by atoms with E-state index in [9.17, 15) is 13.2 Å². The molecule has 1 fully saturated rings. The number of nitrogens with zero attached hydrogens (tertiary/aromatic N) is 3. The molecule has 0 radical (unpaired) electrons. The summed E-state index contributed by atoms with van der Waals surface area (Å²) < 4.78 is 31.5. The number of carbonyl (C=O) groups is 1. The first-order chi connectivity index (χ1) is 13.3. The van der Waals surface area contributed by atoms with E-state index in [1.807, 2.05) is 30.3 Å². The summed E-state index contributed by atoms with van der Waals surface area (Å²) in [4.78, 5) is 14.3. The van der Waals surface area contributed by atoms with Crippen LogP contribution < -0.4 is 0 Å². The molecule has 0 atom stereocenters. The molecule has 0 unspecified atom stereocenters. The zero-order valence-corrected chi connectivity index (χ0v) is 16.9. The zero-order valence-electron chi connectivity index (χ0n) is 16.1. The van der Waals surface area contributed by atoms with Crippen molar-refractivity contribution in [3.8, 4) is 0 Å². The second kappa shape index (κ2) is 8.70. The Morgan fingerprint density at radius 2 is 1.96 bits per heavy atom. The predicted molar refractivity (Wildman–Crippen MR) is 106 cm³/mol. The fourth-order valence-electron chi connectivity index (χ4n) is 3.30. The summed E-state index contributed by atoms with van der Waals surface area (Å²) in [5.41, 5.74) is 1.54. The molecule has 1 aliphatic rings. The number of aromatic nitrogens is 1. The normalized spacial score (nSPS) is 16.5. The first-order valence-corrected chi connectivity index (χ1v) is 10.8. The molecule has 0 aliphatic carbocycles. The lowest BCUT2D eigenvalue weighted by atomic mass is 9.96. The molecular formula is C20H25N3O4S. The third kappa shape index (κ3) is 5.08. The van der Waals surface area contributed by atoms with Gasteiger partial charge in [-0.15, -0.1) is 0 Å². The summed E-state index contributed by atoms with van der Waals surface area (Å²) in [5, 5.41) is 5.15. The van der Waals surface area contributed by atoms with Crippen molar-refractivity contribution in [1.82, 2.24) is 14.4 Å². The summed E-state index contributed by atoms with van der Waals surface area (Å²) in [6.07, 6.45) is 2.62. The molecule has 0 spiro atoms. The van der Waals surface area contributed by atoms with E-state index >= 15 is 0 Å².